The van der Waals surface area contributed by atoms with Gasteiger partial charge in [-0.15, -0.1) is 0 Å². The molecule has 2 aromatic rings. The lowest BCUT2D eigenvalue weighted by Crippen LogP contribution is -2.03. The molecule has 0 saturated carbocycles. The van der Waals surface area contributed by atoms with Gasteiger partial charge in [-0.25, -0.2) is 9.59 Å². The maximum atomic E-state index is 10.9. The van der Waals surface area contributed by atoms with Crippen molar-refractivity contribution in [2.24, 2.45) is 0 Å². The Hall–Kier alpha value is -2.36. The van der Waals surface area contributed by atoms with Crippen LogP contribution < -0.4 is 0 Å². The van der Waals surface area contributed by atoms with Crippen molar-refractivity contribution < 1.29 is 19.8 Å². The van der Waals surface area contributed by atoms with Crippen molar-refractivity contribution in [3.8, 4) is 0 Å². The van der Waals surface area contributed by atoms with Gasteiger partial charge in [0, 0.05) is 0 Å². The fourth-order valence-corrected chi connectivity index (χ4v) is 1.59. The Balaban J connectivity index is 2.87. The van der Waals surface area contributed by atoms with E-state index in [-0.39, 0.29) is 11.1 Å². The van der Waals surface area contributed by atoms with Crippen LogP contribution in [0.3, 0.4) is 0 Å². The number of carbonyl (C=O) groups is 2. The van der Waals surface area contributed by atoms with E-state index in [2.05, 4.69) is 6.07 Å². The van der Waals surface area contributed by atoms with Gasteiger partial charge in [-0.2, -0.15) is 0 Å². The van der Waals surface area contributed by atoms with Gasteiger partial charge in [-0.05, 0) is 22.9 Å². The Morgan fingerprint density at radius 3 is 2.19 bits per heavy atom. The molecule has 4 nitrogen and oxygen atoms in total. The van der Waals surface area contributed by atoms with E-state index >= 15 is 0 Å². The Morgan fingerprint density at radius 2 is 1.62 bits per heavy atom. The minimum Gasteiger partial charge on any atom is -0.478 e. The van der Waals surface area contributed by atoms with Crippen LogP contribution in [-0.2, 0) is 0 Å². The van der Waals surface area contributed by atoms with Crippen molar-refractivity contribution in [2.45, 2.75) is 0 Å². The lowest BCUT2D eigenvalue weighted by Gasteiger charge is -2.04. The highest BCUT2D eigenvalue weighted by Gasteiger charge is 2.14. The van der Waals surface area contributed by atoms with Crippen molar-refractivity contribution in [3.05, 3.63) is 47.5 Å². The van der Waals surface area contributed by atoms with Crippen molar-refractivity contribution >= 4 is 22.7 Å². The van der Waals surface area contributed by atoms with Gasteiger partial charge in [-0.3, -0.25) is 0 Å². The van der Waals surface area contributed by atoms with Gasteiger partial charge in [0.05, 0.1) is 11.1 Å². The van der Waals surface area contributed by atoms with Gasteiger partial charge in [-0.1, -0.05) is 24.3 Å². The lowest BCUT2D eigenvalue weighted by atomic mass is 10.00. The van der Waals surface area contributed by atoms with E-state index in [0.717, 1.165) is 0 Å². The third-order valence-corrected chi connectivity index (χ3v) is 2.29. The summed E-state index contributed by atoms with van der Waals surface area (Å²) in [5.41, 5.74) is 0.0428. The zero-order valence-electron chi connectivity index (χ0n) is 8.10. The summed E-state index contributed by atoms with van der Waals surface area (Å²) in [5.74, 6) is -2.21. The SMILES string of the molecule is O=C(O)c1[c]cc(C(=O)O)c2ccccc12. The van der Waals surface area contributed by atoms with Crippen LogP contribution in [0.4, 0.5) is 0 Å². The highest BCUT2D eigenvalue weighted by molar-refractivity contribution is 6.10. The number of hydrogen-bond donors (Lipinski definition) is 2. The summed E-state index contributed by atoms with van der Waals surface area (Å²) in [6, 6.07) is 10.2. The second-order valence-corrected chi connectivity index (χ2v) is 3.23. The minimum absolute atomic E-state index is 0.0133. The standard InChI is InChI=1S/C12H7O4/c13-11(14)9-5-6-10(12(15)16)8-4-2-1-3-7(8)9/h1-5H,(H,13,14)(H,15,16). The van der Waals surface area contributed by atoms with E-state index in [9.17, 15) is 9.59 Å². The molecule has 4 heteroatoms. The minimum atomic E-state index is -1.12. The Bertz CT molecular complexity index is 534. The van der Waals surface area contributed by atoms with Gasteiger partial charge in [0.1, 0.15) is 0 Å². The lowest BCUT2D eigenvalue weighted by molar-refractivity contribution is 0.0684. The molecule has 2 rings (SSSR count). The van der Waals surface area contributed by atoms with Gasteiger partial charge >= 0.3 is 11.9 Å². The highest BCUT2D eigenvalue weighted by atomic mass is 16.4. The normalized spacial score (nSPS) is 10.2. The summed E-state index contributed by atoms with van der Waals surface area (Å²) in [4.78, 5) is 21.8. The number of fused-ring (bicyclic) bond motifs is 1. The maximum Gasteiger partial charge on any atom is 0.336 e. The first-order valence-corrected chi connectivity index (χ1v) is 4.51. The highest BCUT2D eigenvalue weighted by Crippen LogP contribution is 2.22. The molecule has 0 heterocycles. The zero-order chi connectivity index (χ0) is 11.7. The first kappa shape index (κ1) is 10.2. The number of hydrogen-bond acceptors (Lipinski definition) is 2. The third kappa shape index (κ3) is 1.50. The van der Waals surface area contributed by atoms with Crippen LogP contribution in [0.1, 0.15) is 20.7 Å². The van der Waals surface area contributed by atoms with Crippen LogP contribution in [0.25, 0.3) is 10.8 Å². The summed E-state index contributed by atoms with van der Waals surface area (Å²) in [6.45, 7) is 0. The summed E-state index contributed by atoms with van der Waals surface area (Å²) >= 11 is 0. The second-order valence-electron chi connectivity index (χ2n) is 3.23. The van der Waals surface area contributed by atoms with Crippen LogP contribution >= 0.6 is 0 Å². The molecule has 0 amide bonds. The molecule has 16 heavy (non-hydrogen) atoms. The quantitative estimate of drug-likeness (QED) is 0.803. The average molecular weight is 215 g/mol. The van der Waals surface area contributed by atoms with Crippen molar-refractivity contribution in [1.29, 1.82) is 0 Å². The van der Waals surface area contributed by atoms with Crippen LogP contribution in [0.2, 0.25) is 0 Å². The summed E-state index contributed by atoms with van der Waals surface area (Å²) in [6.07, 6.45) is 0. The molecule has 0 bridgehead atoms. The first-order chi connectivity index (χ1) is 7.61. The molecule has 0 aliphatic heterocycles. The number of carboxylic acid groups (broad SMARTS) is 2. The van der Waals surface area contributed by atoms with Crippen molar-refractivity contribution in [1.82, 2.24) is 0 Å². The van der Waals surface area contributed by atoms with Gasteiger partial charge in [0.15, 0.2) is 0 Å². The maximum absolute atomic E-state index is 10.9. The summed E-state index contributed by atoms with van der Waals surface area (Å²) < 4.78 is 0. The molecule has 0 aromatic heterocycles. The molecule has 0 fully saturated rings. The number of rotatable bonds is 2. The van der Waals surface area contributed by atoms with E-state index in [1.807, 2.05) is 0 Å². The molecule has 2 N–H and O–H groups in total. The molecule has 0 aliphatic carbocycles. The Kier molecular flexibility index (Phi) is 2.32. The summed E-state index contributed by atoms with van der Waals surface area (Å²) in [7, 11) is 0. The molecule has 0 spiro atoms. The smallest absolute Gasteiger partial charge is 0.336 e. The van der Waals surface area contributed by atoms with Crippen LogP contribution in [0.5, 0.6) is 0 Å². The van der Waals surface area contributed by atoms with Gasteiger partial charge in [0.2, 0.25) is 0 Å². The van der Waals surface area contributed by atoms with Crippen LogP contribution in [0.15, 0.2) is 30.3 Å². The monoisotopic (exact) mass is 215 g/mol. The predicted octanol–water partition coefficient (Wildman–Crippen LogP) is 2.04. The molecular weight excluding hydrogens is 208 g/mol. The van der Waals surface area contributed by atoms with E-state index in [0.29, 0.717) is 10.8 Å². The van der Waals surface area contributed by atoms with Gasteiger partial charge < -0.3 is 10.2 Å². The molecule has 1 radical (unpaired) electrons. The molecule has 79 valence electrons. The molecule has 2 aromatic carbocycles. The van der Waals surface area contributed by atoms with Crippen LogP contribution in [-0.4, -0.2) is 22.2 Å². The molecular formula is C12H7O4. The third-order valence-electron chi connectivity index (χ3n) is 2.29. The molecule has 0 unspecified atom stereocenters. The van der Waals surface area contributed by atoms with E-state index in [4.69, 9.17) is 10.2 Å². The van der Waals surface area contributed by atoms with E-state index in [1.165, 1.54) is 6.07 Å². The second kappa shape index (κ2) is 3.66. The molecule has 0 atom stereocenters. The number of aromatic carboxylic acids is 2. The zero-order valence-corrected chi connectivity index (χ0v) is 8.10. The van der Waals surface area contributed by atoms with Crippen molar-refractivity contribution in [2.75, 3.05) is 0 Å². The van der Waals surface area contributed by atoms with E-state index < -0.39 is 11.9 Å². The van der Waals surface area contributed by atoms with Crippen molar-refractivity contribution in [3.63, 3.8) is 0 Å². The summed E-state index contributed by atoms with van der Waals surface area (Å²) in [5, 5.41) is 18.7. The number of carboxylic acids is 2. The molecule has 0 saturated heterocycles. The Morgan fingerprint density at radius 1 is 1.00 bits per heavy atom. The molecule has 0 aliphatic rings. The van der Waals surface area contributed by atoms with Crippen LogP contribution in [0, 0.1) is 6.07 Å². The topological polar surface area (TPSA) is 74.6 Å². The largest absolute Gasteiger partial charge is 0.478 e. The van der Waals surface area contributed by atoms with E-state index in [1.54, 1.807) is 24.3 Å². The predicted molar refractivity (Wildman–Crippen MR) is 56.7 cm³/mol. The number of benzene rings is 2. The average Bonchev–Trinajstić information content (AvgIpc) is 2.27. The fourth-order valence-electron chi connectivity index (χ4n) is 1.59. The fraction of sp³-hybridized carbons (Fsp3) is 0. The first-order valence-electron chi connectivity index (χ1n) is 4.51. The Labute approximate surface area is 90.8 Å². The van der Waals surface area contributed by atoms with Gasteiger partial charge in [0.25, 0.3) is 0 Å².